The minimum Gasteiger partial charge on any atom is -0.497 e. The van der Waals surface area contributed by atoms with E-state index in [4.69, 9.17) is 4.74 Å². The zero-order valence-electron chi connectivity index (χ0n) is 15.2. The van der Waals surface area contributed by atoms with E-state index >= 15 is 0 Å². The van der Waals surface area contributed by atoms with Gasteiger partial charge in [0.1, 0.15) is 5.75 Å². The molecule has 0 spiro atoms. The summed E-state index contributed by atoms with van der Waals surface area (Å²) in [5, 5.41) is 3.47. The molecule has 0 aliphatic rings. The number of benzene rings is 2. The van der Waals surface area contributed by atoms with E-state index in [1.54, 1.807) is 43.3 Å². The summed E-state index contributed by atoms with van der Waals surface area (Å²) in [6.07, 6.45) is -1.10. The molecule has 7 heteroatoms. The molecular weight excluding hydrogens is 350 g/mol. The van der Waals surface area contributed by atoms with Crippen molar-refractivity contribution >= 4 is 23.4 Å². The number of hydrogen-bond acceptors (Lipinski definition) is 7. The number of carbonyl (C=O) groups is 3. The third-order valence-corrected chi connectivity index (χ3v) is 3.57. The molecule has 2 aromatic rings. The fourth-order valence-electron chi connectivity index (χ4n) is 2.13. The first kappa shape index (κ1) is 19.8. The van der Waals surface area contributed by atoms with Crippen LogP contribution in [-0.2, 0) is 9.57 Å². The Bertz CT molecular complexity index is 853. The molecule has 0 heterocycles. The minimum atomic E-state index is -1.10. The molecule has 0 unspecified atom stereocenters. The Kier molecular flexibility index (Phi) is 6.82. The van der Waals surface area contributed by atoms with Crippen molar-refractivity contribution in [1.29, 1.82) is 0 Å². The SMILES string of the molecule is CCOC(=O)O/N=C(/C(=O)c1ccc(C)cc1)C(=O)c1ccc(OC)cc1. The van der Waals surface area contributed by atoms with Crippen molar-refractivity contribution in [3.8, 4) is 5.75 Å². The van der Waals surface area contributed by atoms with Crippen LogP contribution in [0.2, 0.25) is 0 Å². The molecule has 0 aliphatic carbocycles. The van der Waals surface area contributed by atoms with Crippen molar-refractivity contribution in [3.63, 3.8) is 0 Å². The van der Waals surface area contributed by atoms with Crippen molar-refractivity contribution in [1.82, 2.24) is 0 Å². The number of rotatable bonds is 7. The number of Topliss-reactive ketones (excluding diaryl/α,β-unsaturated/α-hetero) is 2. The van der Waals surface area contributed by atoms with E-state index in [-0.39, 0.29) is 17.7 Å². The summed E-state index contributed by atoms with van der Waals surface area (Å²) in [6, 6.07) is 12.7. The third kappa shape index (κ3) is 5.24. The van der Waals surface area contributed by atoms with E-state index < -0.39 is 23.4 Å². The fourth-order valence-corrected chi connectivity index (χ4v) is 2.13. The Labute approximate surface area is 156 Å². The number of oxime groups is 1. The van der Waals surface area contributed by atoms with Gasteiger partial charge in [0.05, 0.1) is 13.7 Å². The standard InChI is InChI=1S/C20H19NO6/c1-4-26-20(24)27-21-17(18(22)14-7-5-13(2)6-8-14)19(23)15-9-11-16(25-3)12-10-15/h5-12H,4H2,1-3H3/b21-17-. The Hall–Kier alpha value is -3.48. The highest BCUT2D eigenvalue weighted by molar-refractivity contribution is 6.71. The van der Waals surface area contributed by atoms with Crippen LogP contribution in [0.1, 0.15) is 33.2 Å². The van der Waals surface area contributed by atoms with Gasteiger partial charge in [-0.3, -0.25) is 14.4 Å². The van der Waals surface area contributed by atoms with E-state index in [0.29, 0.717) is 5.75 Å². The Balaban J connectivity index is 2.36. The first-order valence-electron chi connectivity index (χ1n) is 8.18. The number of nitrogens with zero attached hydrogens (tertiary/aromatic N) is 1. The number of methoxy groups -OCH3 is 1. The van der Waals surface area contributed by atoms with Crippen LogP contribution in [0.15, 0.2) is 53.7 Å². The van der Waals surface area contributed by atoms with Gasteiger partial charge in [0.15, 0.2) is 5.71 Å². The predicted octanol–water partition coefficient (Wildman–Crippen LogP) is 3.60. The molecule has 0 fully saturated rings. The van der Waals surface area contributed by atoms with Crippen molar-refractivity contribution in [3.05, 3.63) is 65.2 Å². The highest BCUT2D eigenvalue weighted by atomic mass is 16.8. The molecule has 0 bridgehead atoms. The van der Waals surface area contributed by atoms with Crippen molar-refractivity contribution in [2.45, 2.75) is 13.8 Å². The summed E-state index contributed by atoms with van der Waals surface area (Å²) in [5.74, 6) is -0.801. The van der Waals surface area contributed by atoms with E-state index in [1.165, 1.54) is 19.2 Å². The van der Waals surface area contributed by atoms with E-state index in [0.717, 1.165) is 5.56 Å². The van der Waals surface area contributed by atoms with Crippen LogP contribution in [0.3, 0.4) is 0 Å². The number of hydrogen-bond donors (Lipinski definition) is 0. The van der Waals surface area contributed by atoms with E-state index in [2.05, 4.69) is 14.7 Å². The Morgan fingerprint density at radius 1 is 0.889 bits per heavy atom. The zero-order chi connectivity index (χ0) is 19.8. The monoisotopic (exact) mass is 369 g/mol. The minimum absolute atomic E-state index is 0.0714. The second-order valence-electron chi connectivity index (χ2n) is 5.47. The van der Waals surface area contributed by atoms with Crippen LogP contribution in [0.4, 0.5) is 4.79 Å². The summed E-state index contributed by atoms with van der Waals surface area (Å²) in [4.78, 5) is 41.5. The second-order valence-corrected chi connectivity index (χ2v) is 5.47. The van der Waals surface area contributed by atoms with Gasteiger partial charge in [-0.15, -0.1) is 0 Å². The van der Waals surface area contributed by atoms with Crippen molar-refractivity contribution < 1.29 is 28.7 Å². The maximum atomic E-state index is 12.8. The molecule has 140 valence electrons. The molecule has 0 aliphatic heterocycles. The molecule has 27 heavy (non-hydrogen) atoms. The normalized spacial score (nSPS) is 10.9. The third-order valence-electron chi connectivity index (χ3n) is 3.57. The van der Waals surface area contributed by atoms with Gasteiger partial charge in [0.2, 0.25) is 11.6 Å². The van der Waals surface area contributed by atoms with Gasteiger partial charge in [-0.05, 0) is 38.1 Å². The average molecular weight is 369 g/mol. The number of carbonyl (C=O) groups excluding carboxylic acids is 3. The van der Waals surface area contributed by atoms with Gasteiger partial charge in [-0.25, -0.2) is 4.79 Å². The van der Waals surface area contributed by atoms with Gasteiger partial charge in [0, 0.05) is 11.1 Å². The molecule has 0 saturated carbocycles. The second kappa shape index (κ2) is 9.28. The highest BCUT2D eigenvalue weighted by Gasteiger charge is 2.25. The Morgan fingerprint density at radius 2 is 1.41 bits per heavy atom. The summed E-state index contributed by atoms with van der Waals surface area (Å²) >= 11 is 0. The summed E-state index contributed by atoms with van der Waals surface area (Å²) in [5.41, 5.74) is 0.863. The molecule has 0 amide bonds. The predicted molar refractivity (Wildman–Crippen MR) is 98.4 cm³/mol. The molecule has 0 aromatic heterocycles. The lowest BCUT2D eigenvalue weighted by Gasteiger charge is -2.06. The molecular formula is C20H19NO6. The van der Waals surface area contributed by atoms with Crippen LogP contribution in [0.25, 0.3) is 0 Å². The molecule has 7 nitrogen and oxygen atoms in total. The topological polar surface area (TPSA) is 91.3 Å². The molecule has 2 rings (SSSR count). The molecule has 0 N–H and O–H groups in total. The van der Waals surface area contributed by atoms with Gasteiger partial charge in [-0.2, -0.15) is 0 Å². The smallest absolute Gasteiger partial charge is 0.497 e. The van der Waals surface area contributed by atoms with Crippen LogP contribution in [0, 0.1) is 6.92 Å². The summed E-state index contributed by atoms with van der Waals surface area (Å²) in [7, 11) is 1.50. The number of ketones is 2. The number of aryl methyl sites for hydroxylation is 1. The maximum Gasteiger partial charge on any atom is 0.535 e. The Morgan fingerprint density at radius 3 is 1.89 bits per heavy atom. The van der Waals surface area contributed by atoms with Crippen molar-refractivity contribution in [2.24, 2.45) is 5.16 Å². The van der Waals surface area contributed by atoms with Gasteiger partial charge >= 0.3 is 6.16 Å². The first-order valence-corrected chi connectivity index (χ1v) is 8.18. The van der Waals surface area contributed by atoms with Crippen LogP contribution in [0.5, 0.6) is 5.75 Å². The van der Waals surface area contributed by atoms with Crippen LogP contribution < -0.4 is 4.74 Å². The summed E-state index contributed by atoms with van der Waals surface area (Å²) < 4.78 is 9.65. The lowest BCUT2D eigenvalue weighted by atomic mass is 9.99. The first-order chi connectivity index (χ1) is 13.0. The van der Waals surface area contributed by atoms with Gasteiger partial charge in [-0.1, -0.05) is 35.0 Å². The van der Waals surface area contributed by atoms with Gasteiger partial charge in [0.25, 0.3) is 0 Å². The largest absolute Gasteiger partial charge is 0.535 e. The molecule has 0 saturated heterocycles. The lowest BCUT2D eigenvalue weighted by Crippen LogP contribution is -2.25. The zero-order valence-corrected chi connectivity index (χ0v) is 15.2. The van der Waals surface area contributed by atoms with Gasteiger partial charge < -0.3 is 9.47 Å². The highest BCUT2D eigenvalue weighted by Crippen LogP contribution is 2.14. The van der Waals surface area contributed by atoms with Crippen LogP contribution >= 0.6 is 0 Å². The summed E-state index contributed by atoms with van der Waals surface area (Å²) in [6.45, 7) is 3.53. The van der Waals surface area contributed by atoms with Crippen LogP contribution in [-0.4, -0.2) is 37.2 Å². The van der Waals surface area contributed by atoms with Crippen molar-refractivity contribution in [2.75, 3.05) is 13.7 Å². The molecule has 2 aromatic carbocycles. The van der Waals surface area contributed by atoms with E-state index in [9.17, 15) is 14.4 Å². The molecule has 0 atom stereocenters. The average Bonchev–Trinajstić information content (AvgIpc) is 2.68. The lowest BCUT2D eigenvalue weighted by molar-refractivity contribution is 0.0609. The maximum absolute atomic E-state index is 12.8. The fraction of sp³-hybridized carbons (Fsp3) is 0.200. The number of ether oxygens (including phenoxy) is 2. The van der Waals surface area contributed by atoms with E-state index in [1.807, 2.05) is 6.92 Å². The molecule has 0 radical (unpaired) electrons. The quantitative estimate of drug-likeness (QED) is 0.185.